The second kappa shape index (κ2) is 11.2. The van der Waals surface area contributed by atoms with E-state index >= 15 is 0 Å². The number of rotatable bonds is 8. The predicted molar refractivity (Wildman–Crippen MR) is 86.7 cm³/mol. The van der Waals surface area contributed by atoms with Crippen molar-refractivity contribution in [3.05, 3.63) is 60.2 Å². The number of carbonyl (C=O) groups excluding carboxylic acids is 1. The summed E-state index contributed by atoms with van der Waals surface area (Å²) in [6.45, 7) is 6.49. The molecular formula is C17H18O8. The van der Waals surface area contributed by atoms with Crippen molar-refractivity contribution in [2.45, 2.75) is 19.4 Å². The van der Waals surface area contributed by atoms with Gasteiger partial charge in [0.15, 0.2) is 0 Å². The number of carboxylic acid groups (broad SMARTS) is 3. The second-order valence-corrected chi connectivity index (χ2v) is 4.72. The molecule has 0 aromatic heterocycles. The van der Waals surface area contributed by atoms with Gasteiger partial charge in [-0.15, -0.1) is 0 Å². The molecule has 0 radical (unpaired) electrons. The molecule has 3 N–H and O–H groups in total. The Hall–Kier alpha value is -3.42. The maximum atomic E-state index is 11.3. The van der Waals surface area contributed by atoms with Gasteiger partial charge in [-0.05, 0) is 5.56 Å². The van der Waals surface area contributed by atoms with Crippen molar-refractivity contribution in [3.8, 4) is 0 Å². The zero-order valence-corrected chi connectivity index (χ0v) is 13.3. The van der Waals surface area contributed by atoms with Gasteiger partial charge < -0.3 is 20.1 Å². The minimum Gasteiger partial charge on any atom is -0.481 e. The fourth-order valence-electron chi connectivity index (χ4n) is 1.34. The molecule has 0 fully saturated rings. The Bertz CT molecular complexity index is 660. The summed E-state index contributed by atoms with van der Waals surface area (Å²) in [7, 11) is 0. The molecule has 0 aliphatic heterocycles. The van der Waals surface area contributed by atoms with E-state index in [9.17, 15) is 19.2 Å². The first-order valence-electron chi connectivity index (χ1n) is 6.87. The Labute approximate surface area is 143 Å². The number of carboxylic acids is 3. The Morgan fingerprint density at radius 3 is 1.72 bits per heavy atom. The van der Waals surface area contributed by atoms with E-state index in [0.29, 0.717) is 0 Å². The number of benzene rings is 1. The molecule has 0 heterocycles. The highest BCUT2D eigenvalue weighted by Crippen LogP contribution is 2.05. The molecular weight excluding hydrogens is 332 g/mol. The van der Waals surface area contributed by atoms with Crippen LogP contribution in [0.2, 0.25) is 0 Å². The molecule has 1 aromatic rings. The molecule has 1 rings (SSSR count). The van der Waals surface area contributed by atoms with Crippen LogP contribution in [0.5, 0.6) is 0 Å². The van der Waals surface area contributed by atoms with Crippen LogP contribution < -0.4 is 0 Å². The Morgan fingerprint density at radius 1 is 0.840 bits per heavy atom. The third-order valence-corrected chi connectivity index (χ3v) is 2.53. The van der Waals surface area contributed by atoms with Gasteiger partial charge in [0.1, 0.15) is 6.61 Å². The van der Waals surface area contributed by atoms with Gasteiger partial charge in [0.25, 0.3) is 0 Å². The molecule has 0 aliphatic rings. The largest absolute Gasteiger partial charge is 0.481 e. The van der Waals surface area contributed by atoms with E-state index in [0.717, 1.165) is 5.56 Å². The third-order valence-electron chi connectivity index (χ3n) is 2.53. The van der Waals surface area contributed by atoms with Gasteiger partial charge in [0.2, 0.25) is 0 Å². The molecule has 0 atom stereocenters. The number of aliphatic carboxylic acids is 3. The van der Waals surface area contributed by atoms with Crippen LogP contribution in [-0.4, -0.2) is 39.2 Å². The molecule has 0 saturated heterocycles. The zero-order valence-electron chi connectivity index (χ0n) is 13.3. The van der Waals surface area contributed by atoms with Gasteiger partial charge in [0, 0.05) is 11.1 Å². The highest BCUT2D eigenvalue weighted by atomic mass is 16.5. The maximum Gasteiger partial charge on any atom is 0.334 e. The first kappa shape index (κ1) is 21.6. The molecule has 0 unspecified atom stereocenters. The van der Waals surface area contributed by atoms with Crippen LogP contribution in [0.15, 0.2) is 54.6 Å². The van der Waals surface area contributed by atoms with Gasteiger partial charge in [-0.2, -0.15) is 0 Å². The topological polar surface area (TPSA) is 138 Å². The van der Waals surface area contributed by atoms with Crippen molar-refractivity contribution in [3.63, 3.8) is 0 Å². The van der Waals surface area contributed by atoms with Crippen molar-refractivity contribution in [2.24, 2.45) is 0 Å². The van der Waals surface area contributed by atoms with E-state index in [1.54, 1.807) is 0 Å². The molecule has 0 saturated carbocycles. The van der Waals surface area contributed by atoms with E-state index in [1.165, 1.54) is 0 Å². The van der Waals surface area contributed by atoms with E-state index < -0.39 is 36.7 Å². The number of hydrogen-bond donors (Lipinski definition) is 3. The molecule has 8 heteroatoms. The lowest BCUT2D eigenvalue weighted by atomic mass is 10.2. The lowest BCUT2D eigenvalue weighted by molar-refractivity contribution is -0.143. The molecule has 0 amide bonds. The average Bonchev–Trinajstić information content (AvgIpc) is 2.52. The predicted octanol–water partition coefficient (Wildman–Crippen LogP) is 1.86. The number of esters is 1. The molecule has 0 spiro atoms. The standard InChI is InChI=1S/C12H12O4.C5H6O4/c1-9(7-11(13)14)12(15)16-8-10-5-3-2-4-6-10;1-3(5(8)9)2-4(6)7/h2-6H,1,7-8H2,(H,13,14);1-2H2,(H,6,7)(H,8,9). The molecule has 25 heavy (non-hydrogen) atoms. The lowest BCUT2D eigenvalue weighted by Gasteiger charge is -2.05. The summed E-state index contributed by atoms with van der Waals surface area (Å²) in [6.07, 6.45) is -0.900. The second-order valence-electron chi connectivity index (χ2n) is 4.72. The zero-order chi connectivity index (χ0) is 19.4. The minimum atomic E-state index is -1.27. The van der Waals surface area contributed by atoms with Crippen molar-refractivity contribution < 1.29 is 39.2 Å². The van der Waals surface area contributed by atoms with E-state index in [1.807, 2.05) is 30.3 Å². The van der Waals surface area contributed by atoms with Gasteiger partial charge >= 0.3 is 23.9 Å². The smallest absolute Gasteiger partial charge is 0.334 e. The Kier molecular flexibility index (Phi) is 9.64. The monoisotopic (exact) mass is 350 g/mol. The van der Waals surface area contributed by atoms with Crippen LogP contribution in [0.3, 0.4) is 0 Å². The first-order chi connectivity index (χ1) is 11.6. The normalized spacial score (nSPS) is 9.12. The van der Waals surface area contributed by atoms with Crippen molar-refractivity contribution in [1.29, 1.82) is 0 Å². The highest BCUT2D eigenvalue weighted by Gasteiger charge is 2.12. The molecule has 134 valence electrons. The SMILES string of the molecule is C=C(CC(=O)O)C(=O)O.C=C(CC(=O)O)C(=O)OCc1ccccc1. The van der Waals surface area contributed by atoms with Crippen LogP contribution in [0.1, 0.15) is 18.4 Å². The summed E-state index contributed by atoms with van der Waals surface area (Å²) in [4.78, 5) is 41.2. The molecule has 0 aliphatic carbocycles. The molecule has 8 nitrogen and oxygen atoms in total. The summed E-state index contributed by atoms with van der Waals surface area (Å²) in [5.41, 5.74) is 0.491. The third kappa shape index (κ3) is 10.9. The highest BCUT2D eigenvalue weighted by molar-refractivity contribution is 5.92. The first-order valence-corrected chi connectivity index (χ1v) is 6.87. The summed E-state index contributed by atoms with van der Waals surface area (Å²) in [5, 5.41) is 24.5. The minimum absolute atomic E-state index is 0.0524. The lowest BCUT2D eigenvalue weighted by Crippen LogP contribution is -2.10. The fourth-order valence-corrected chi connectivity index (χ4v) is 1.34. The van der Waals surface area contributed by atoms with Crippen molar-refractivity contribution in [2.75, 3.05) is 0 Å². The van der Waals surface area contributed by atoms with E-state index in [2.05, 4.69) is 13.2 Å². The van der Waals surface area contributed by atoms with Gasteiger partial charge in [0.05, 0.1) is 12.8 Å². The summed E-state index contributed by atoms with van der Waals surface area (Å²) >= 11 is 0. The number of hydrogen-bond acceptors (Lipinski definition) is 5. The van der Waals surface area contributed by atoms with Gasteiger partial charge in [-0.1, -0.05) is 43.5 Å². The van der Waals surface area contributed by atoms with E-state index in [-0.39, 0.29) is 17.8 Å². The van der Waals surface area contributed by atoms with Crippen LogP contribution in [0, 0.1) is 0 Å². The fraction of sp³-hybridized carbons (Fsp3) is 0.176. The van der Waals surface area contributed by atoms with Gasteiger partial charge in [-0.25, -0.2) is 9.59 Å². The quantitative estimate of drug-likeness (QED) is 0.477. The molecule has 0 bridgehead atoms. The number of ether oxygens (including phenoxy) is 1. The van der Waals surface area contributed by atoms with Gasteiger partial charge in [-0.3, -0.25) is 9.59 Å². The van der Waals surface area contributed by atoms with Crippen LogP contribution in [0.4, 0.5) is 0 Å². The summed E-state index contributed by atoms with van der Waals surface area (Å²) in [6, 6.07) is 9.14. The van der Waals surface area contributed by atoms with Crippen LogP contribution >= 0.6 is 0 Å². The number of carbonyl (C=O) groups is 4. The maximum absolute atomic E-state index is 11.3. The molecule has 1 aromatic carbocycles. The van der Waals surface area contributed by atoms with E-state index in [4.69, 9.17) is 20.1 Å². The van der Waals surface area contributed by atoms with Crippen molar-refractivity contribution in [1.82, 2.24) is 0 Å². The summed E-state index contributed by atoms with van der Waals surface area (Å²) < 4.78 is 4.89. The average molecular weight is 350 g/mol. The van der Waals surface area contributed by atoms with Crippen LogP contribution in [-0.2, 0) is 30.5 Å². The van der Waals surface area contributed by atoms with Crippen molar-refractivity contribution >= 4 is 23.9 Å². The summed E-state index contributed by atoms with van der Waals surface area (Å²) in [5.74, 6) is -4.22. The van der Waals surface area contributed by atoms with Crippen LogP contribution in [0.25, 0.3) is 0 Å². The Morgan fingerprint density at radius 2 is 1.32 bits per heavy atom. The Balaban J connectivity index is 0.000000547.